The van der Waals surface area contributed by atoms with Crippen LogP contribution in [0.1, 0.15) is 60.1 Å². The van der Waals surface area contributed by atoms with Gasteiger partial charge in [0.2, 0.25) is 0 Å². The van der Waals surface area contributed by atoms with Crippen molar-refractivity contribution in [3.8, 4) is 11.1 Å². The molecule has 8 aromatic carbocycles. The van der Waals surface area contributed by atoms with Gasteiger partial charge < -0.3 is 0 Å². The molecule has 8 aromatic rings. The molecule has 0 spiro atoms. The van der Waals surface area contributed by atoms with Crippen LogP contribution in [0, 0.1) is 5.41 Å². The average Bonchev–Trinajstić information content (AvgIpc) is 3.42. The van der Waals surface area contributed by atoms with Crippen LogP contribution in [0.15, 0.2) is 175 Å². The number of allylic oxidation sites excluding steroid dienone is 5. The van der Waals surface area contributed by atoms with Crippen molar-refractivity contribution in [2.75, 3.05) is 0 Å². The zero-order chi connectivity index (χ0) is 34.8. The minimum Gasteiger partial charge on any atom is -0.0733 e. The lowest BCUT2D eigenvalue weighted by Crippen LogP contribution is -2.32. The van der Waals surface area contributed by atoms with E-state index in [1.54, 1.807) is 0 Å². The fourth-order valence-corrected chi connectivity index (χ4v) is 10.3. The van der Waals surface area contributed by atoms with Gasteiger partial charge in [-0.15, -0.1) is 0 Å². The highest BCUT2D eigenvalue weighted by atomic mass is 14.5. The first-order valence-corrected chi connectivity index (χ1v) is 18.6. The van der Waals surface area contributed by atoms with Crippen LogP contribution >= 0.6 is 0 Å². The molecule has 2 atom stereocenters. The monoisotopic (exact) mass is 662 g/mol. The second-order valence-electron chi connectivity index (χ2n) is 15.8. The lowest BCUT2D eigenvalue weighted by Gasteiger charge is -2.45. The molecule has 0 heteroatoms. The Balaban J connectivity index is 1.19. The number of benzene rings is 8. The maximum Gasteiger partial charge on any atom is 0.0225 e. The van der Waals surface area contributed by atoms with Crippen molar-refractivity contribution in [2.45, 2.75) is 32.1 Å². The molecular formula is C52H38. The third-order valence-corrected chi connectivity index (χ3v) is 12.7. The highest BCUT2D eigenvalue weighted by Gasteiger charge is 2.45. The number of hydrogen-bond donors (Lipinski definition) is 0. The summed E-state index contributed by atoms with van der Waals surface area (Å²) in [5, 5.41) is 10.5. The molecule has 3 aliphatic carbocycles. The minimum absolute atomic E-state index is 0.143. The van der Waals surface area contributed by atoms with Crippen molar-refractivity contribution < 1.29 is 0 Å². The maximum absolute atomic E-state index is 2.57. The molecule has 0 saturated heterocycles. The van der Waals surface area contributed by atoms with Crippen LogP contribution in [-0.4, -0.2) is 0 Å². The molecule has 0 heterocycles. The van der Waals surface area contributed by atoms with Gasteiger partial charge in [0, 0.05) is 16.7 Å². The van der Waals surface area contributed by atoms with Crippen LogP contribution in [0.4, 0.5) is 0 Å². The summed E-state index contributed by atoms with van der Waals surface area (Å²) in [7, 11) is 0. The van der Waals surface area contributed by atoms with Gasteiger partial charge in [0.1, 0.15) is 0 Å². The SMILES string of the molecule is CC1(C)c2ccc3ccccc3c2-c2c1cc(C1=C3C=CC=CC3(C)C(c3ccc4c(ccc5ccccc54)c3)c3ccccc31)c1ccccc21. The van der Waals surface area contributed by atoms with E-state index in [0.29, 0.717) is 0 Å². The normalized spacial score (nSPS) is 19.6. The first kappa shape index (κ1) is 29.7. The summed E-state index contributed by atoms with van der Waals surface area (Å²) in [6.07, 6.45) is 9.38. The second-order valence-corrected chi connectivity index (χ2v) is 15.8. The van der Waals surface area contributed by atoms with Crippen molar-refractivity contribution in [3.63, 3.8) is 0 Å². The van der Waals surface area contributed by atoms with Crippen LogP contribution in [0.3, 0.4) is 0 Å². The highest BCUT2D eigenvalue weighted by Crippen LogP contribution is 2.60. The zero-order valence-electron chi connectivity index (χ0n) is 29.7. The zero-order valence-corrected chi connectivity index (χ0v) is 29.7. The van der Waals surface area contributed by atoms with E-state index in [1.165, 1.54) is 98.7 Å². The molecule has 11 rings (SSSR count). The number of fused-ring (bicyclic) bond motifs is 12. The van der Waals surface area contributed by atoms with Gasteiger partial charge >= 0.3 is 0 Å². The maximum atomic E-state index is 2.57. The lowest BCUT2D eigenvalue weighted by molar-refractivity contribution is 0.449. The van der Waals surface area contributed by atoms with E-state index in [4.69, 9.17) is 0 Å². The Kier molecular flexibility index (Phi) is 6.02. The van der Waals surface area contributed by atoms with E-state index < -0.39 is 0 Å². The molecule has 0 aliphatic heterocycles. The van der Waals surface area contributed by atoms with E-state index in [1.807, 2.05) is 0 Å². The smallest absolute Gasteiger partial charge is 0.0225 e. The summed E-state index contributed by atoms with van der Waals surface area (Å²) < 4.78 is 0. The summed E-state index contributed by atoms with van der Waals surface area (Å²) in [6, 6.07) is 55.1. The summed E-state index contributed by atoms with van der Waals surface area (Å²) in [5.74, 6) is 0.160. The van der Waals surface area contributed by atoms with Gasteiger partial charge in [-0.2, -0.15) is 0 Å². The van der Waals surface area contributed by atoms with Crippen molar-refractivity contribution in [1.82, 2.24) is 0 Å². The summed E-state index contributed by atoms with van der Waals surface area (Å²) in [6.45, 7) is 7.31. The van der Waals surface area contributed by atoms with Gasteiger partial charge in [-0.1, -0.05) is 185 Å². The first-order valence-electron chi connectivity index (χ1n) is 18.6. The molecule has 0 aromatic heterocycles. The topological polar surface area (TPSA) is 0 Å². The standard InChI is InChI=1S/C52H38/c1-51(2)44-28-26-33-15-5-7-17-38(33)48(44)49-40-19-9-8-18-39(40)43(31-46(49)51)47-41-20-10-11-21-42(41)50(52(3)29-13-12-22-45(47)52)35-25-27-37-34(30-35)24-23-32-14-4-6-16-36(32)37/h4-31,50H,1-3H3. The predicted octanol–water partition coefficient (Wildman–Crippen LogP) is 13.7. The molecule has 0 radical (unpaired) electrons. The minimum atomic E-state index is -0.252. The van der Waals surface area contributed by atoms with Crippen LogP contribution in [0.25, 0.3) is 59.8 Å². The van der Waals surface area contributed by atoms with Gasteiger partial charge in [-0.05, 0) is 105 Å². The molecule has 0 bridgehead atoms. The van der Waals surface area contributed by atoms with Crippen LogP contribution < -0.4 is 0 Å². The van der Waals surface area contributed by atoms with Gasteiger partial charge in [0.05, 0.1) is 0 Å². The summed E-state index contributed by atoms with van der Waals surface area (Å²) >= 11 is 0. The van der Waals surface area contributed by atoms with Crippen molar-refractivity contribution in [3.05, 3.63) is 209 Å². The fourth-order valence-electron chi connectivity index (χ4n) is 10.3. The van der Waals surface area contributed by atoms with Crippen molar-refractivity contribution in [2.24, 2.45) is 5.41 Å². The molecule has 0 nitrogen and oxygen atoms in total. The van der Waals surface area contributed by atoms with E-state index in [0.717, 1.165) is 0 Å². The molecule has 3 aliphatic rings. The Morgan fingerprint density at radius 3 is 1.94 bits per heavy atom. The Hall–Kier alpha value is -5.98. The molecule has 246 valence electrons. The average molecular weight is 663 g/mol. The van der Waals surface area contributed by atoms with Gasteiger partial charge in [-0.25, -0.2) is 0 Å². The summed E-state index contributed by atoms with van der Waals surface area (Å²) in [5.41, 5.74) is 13.4. The second kappa shape index (κ2) is 10.5. The fraction of sp³-hybridized carbons (Fsp3) is 0.115. The van der Waals surface area contributed by atoms with Gasteiger partial charge in [0.15, 0.2) is 0 Å². The third-order valence-electron chi connectivity index (χ3n) is 12.7. The Labute approximate surface area is 305 Å². The first-order chi connectivity index (χ1) is 25.4. The van der Waals surface area contributed by atoms with Crippen LogP contribution in [0.2, 0.25) is 0 Å². The number of hydrogen-bond acceptors (Lipinski definition) is 0. The third kappa shape index (κ3) is 3.87. The Morgan fingerprint density at radius 2 is 1.10 bits per heavy atom. The lowest BCUT2D eigenvalue weighted by atomic mass is 9.58. The van der Waals surface area contributed by atoms with Crippen LogP contribution in [0.5, 0.6) is 0 Å². The summed E-state index contributed by atoms with van der Waals surface area (Å²) in [4.78, 5) is 0. The van der Waals surface area contributed by atoms with E-state index in [9.17, 15) is 0 Å². The largest absolute Gasteiger partial charge is 0.0733 e. The van der Waals surface area contributed by atoms with Crippen molar-refractivity contribution in [1.29, 1.82) is 0 Å². The Morgan fingerprint density at radius 1 is 0.462 bits per heavy atom. The molecule has 2 unspecified atom stereocenters. The van der Waals surface area contributed by atoms with E-state index in [-0.39, 0.29) is 16.7 Å². The van der Waals surface area contributed by atoms with Gasteiger partial charge in [0.25, 0.3) is 0 Å². The van der Waals surface area contributed by atoms with Gasteiger partial charge in [-0.3, -0.25) is 0 Å². The Bertz CT molecular complexity index is 2940. The van der Waals surface area contributed by atoms with Crippen LogP contribution in [-0.2, 0) is 5.41 Å². The molecule has 0 fully saturated rings. The van der Waals surface area contributed by atoms with Crippen molar-refractivity contribution >= 4 is 48.7 Å². The predicted molar refractivity (Wildman–Crippen MR) is 221 cm³/mol. The molecule has 0 amide bonds. The number of rotatable bonds is 2. The highest BCUT2D eigenvalue weighted by molar-refractivity contribution is 6.14. The van der Waals surface area contributed by atoms with E-state index >= 15 is 0 Å². The van der Waals surface area contributed by atoms with E-state index in [2.05, 4.69) is 191 Å². The molecule has 0 N–H and O–H groups in total. The molecule has 0 saturated carbocycles. The molecular weight excluding hydrogens is 625 g/mol. The molecule has 52 heavy (non-hydrogen) atoms. The quantitative estimate of drug-likeness (QED) is 0.162.